The zero-order valence-corrected chi connectivity index (χ0v) is 5.63. The van der Waals surface area contributed by atoms with Crippen molar-refractivity contribution in [1.29, 1.82) is 0 Å². The van der Waals surface area contributed by atoms with Crippen LogP contribution in [0.5, 0.6) is 0 Å². The molecule has 1 aliphatic heterocycles. The van der Waals surface area contributed by atoms with E-state index < -0.39 is 11.1 Å². The topological polar surface area (TPSA) is 52.5 Å². The Labute approximate surface area is 53.9 Å². The van der Waals surface area contributed by atoms with E-state index in [1.807, 2.05) is 0 Å². The third kappa shape index (κ3) is 1.30. The van der Waals surface area contributed by atoms with E-state index in [0.717, 1.165) is 5.75 Å². The molecule has 3 nitrogen and oxygen atoms in total. The van der Waals surface area contributed by atoms with Gasteiger partial charge in [-0.15, -0.1) is 0 Å². The lowest BCUT2D eigenvalue weighted by Crippen LogP contribution is -1.96. The number of hydrogen-bond acceptors (Lipinski definition) is 4. The van der Waals surface area contributed by atoms with Crippen molar-refractivity contribution in [3.63, 3.8) is 0 Å². The average Bonchev–Trinajstić information content (AvgIpc) is 2.12. The molecule has 1 rings (SSSR count). The molecule has 0 aromatic heterocycles. The number of nitrogens with zero attached hydrogens (tertiary/aromatic N) is 1. The van der Waals surface area contributed by atoms with Gasteiger partial charge in [-0.2, -0.15) is 0 Å². The molecule has 1 aliphatic rings. The normalized spacial score (nSPS) is 22.9. The predicted molar refractivity (Wildman–Crippen MR) is 33.7 cm³/mol. The lowest BCUT2D eigenvalue weighted by molar-refractivity contribution is 0.550. The first-order valence-electron chi connectivity index (χ1n) is 2.07. The molecule has 5 heteroatoms. The van der Waals surface area contributed by atoms with E-state index >= 15 is 0 Å². The van der Waals surface area contributed by atoms with Gasteiger partial charge in [-0.05, 0) is 0 Å². The van der Waals surface area contributed by atoms with E-state index in [9.17, 15) is 8.76 Å². The van der Waals surface area contributed by atoms with Crippen molar-refractivity contribution < 1.29 is 8.76 Å². The van der Waals surface area contributed by atoms with Gasteiger partial charge >= 0.3 is 0 Å². The fourth-order valence-electron chi connectivity index (χ4n) is 0.416. The van der Waals surface area contributed by atoms with Crippen LogP contribution in [0.1, 0.15) is 0 Å². The molecule has 0 saturated carbocycles. The van der Waals surface area contributed by atoms with Crippen LogP contribution in [-0.2, 0) is 11.1 Å². The molecule has 0 fully saturated rings. The standard InChI is InChI=1S/C3H5NO2S2/c5-8(6)3-4-1-2-7-3/h1-2H2,(H,5,6)/p-1. The number of aliphatic imine (C=N–C) groups is 1. The third-order valence-electron chi connectivity index (χ3n) is 0.700. The molecule has 0 aromatic rings. The molecule has 1 unspecified atom stereocenters. The summed E-state index contributed by atoms with van der Waals surface area (Å²) in [4.78, 5) is 3.70. The van der Waals surface area contributed by atoms with Gasteiger partial charge in [0.2, 0.25) is 0 Å². The van der Waals surface area contributed by atoms with Gasteiger partial charge in [-0.25, -0.2) is 0 Å². The van der Waals surface area contributed by atoms with Crippen molar-refractivity contribution in [1.82, 2.24) is 0 Å². The second-order valence-electron chi connectivity index (χ2n) is 1.23. The van der Waals surface area contributed by atoms with Gasteiger partial charge in [-0.3, -0.25) is 9.20 Å². The second kappa shape index (κ2) is 2.61. The highest BCUT2D eigenvalue weighted by atomic mass is 32.2. The van der Waals surface area contributed by atoms with Crippen LogP contribution in [0.2, 0.25) is 0 Å². The fourth-order valence-corrected chi connectivity index (χ4v) is 1.79. The van der Waals surface area contributed by atoms with Crippen LogP contribution in [0.4, 0.5) is 0 Å². The summed E-state index contributed by atoms with van der Waals surface area (Å²) in [5.74, 6) is 0.809. The van der Waals surface area contributed by atoms with Gasteiger partial charge in [0.25, 0.3) is 0 Å². The molecule has 0 aromatic carbocycles. The fraction of sp³-hybridized carbons (Fsp3) is 0.667. The Morgan fingerprint density at radius 3 is 2.88 bits per heavy atom. The van der Waals surface area contributed by atoms with E-state index in [1.165, 1.54) is 11.8 Å². The molecule has 0 bridgehead atoms. The van der Waals surface area contributed by atoms with E-state index in [-0.39, 0.29) is 4.38 Å². The SMILES string of the molecule is O=S([O-])C1=NCCS1. The highest BCUT2D eigenvalue weighted by molar-refractivity contribution is 8.31. The number of rotatable bonds is 0. The molecule has 0 aliphatic carbocycles. The summed E-state index contributed by atoms with van der Waals surface area (Å²) in [7, 11) is 0. The van der Waals surface area contributed by atoms with E-state index in [4.69, 9.17) is 0 Å². The van der Waals surface area contributed by atoms with Crippen molar-refractivity contribution in [2.75, 3.05) is 12.3 Å². The maximum Gasteiger partial charge on any atom is 0.141 e. The summed E-state index contributed by atoms with van der Waals surface area (Å²) < 4.78 is 20.4. The second-order valence-corrected chi connectivity index (χ2v) is 3.43. The lowest BCUT2D eigenvalue weighted by atomic mass is 10.8. The Morgan fingerprint density at radius 2 is 2.62 bits per heavy atom. The summed E-state index contributed by atoms with van der Waals surface area (Å²) in [6.45, 7) is 0.647. The Bertz CT molecular complexity index is 144. The quantitative estimate of drug-likeness (QED) is 0.455. The molecular weight excluding hydrogens is 146 g/mol. The van der Waals surface area contributed by atoms with Crippen molar-refractivity contribution in [3.8, 4) is 0 Å². The first kappa shape index (κ1) is 6.25. The van der Waals surface area contributed by atoms with Crippen molar-refractivity contribution in [2.24, 2.45) is 4.99 Å². The maximum atomic E-state index is 10.0. The molecule has 8 heavy (non-hydrogen) atoms. The Kier molecular flexibility index (Phi) is 2.04. The zero-order chi connectivity index (χ0) is 5.98. The number of thioether (sulfide) groups is 1. The van der Waals surface area contributed by atoms with Gasteiger partial charge in [0.1, 0.15) is 4.38 Å². The summed E-state index contributed by atoms with van der Waals surface area (Å²) >= 11 is -0.790. The Balaban J connectivity index is 2.57. The Morgan fingerprint density at radius 1 is 1.88 bits per heavy atom. The van der Waals surface area contributed by atoms with Gasteiger partial charge in [0.15, 0.2) is 0 Å². The molecule has 0 amide bonds. The van der Waals surface area contributed by atoms with Gasteiger partial charge in [-0.1, -0.05) is 11.8 Å². The van der Waals surface area contributed by atoms with E-state index in [0.29, 0.717) is 6.54 Å². The van der Waals surface area contributed by atoms with Gasteiger partial charge in [0, 0.05) is 16.8 Å². The maximum absolute atomic E-state index is 10.0. The molecule has 46 valence electrons. The third-order valence-corrected chi connectivity index (χ3v) is 2.64. The first-order valence-corrected chi connectivity index (χ1v) is 4.13. The molecular formula is C3H4NO2S2-. The monoisotopic (exact) mass is 150 g/mol. The van der Waals surface area contributed by atoms with E-state index in [1.54, 1.807) is 0 Å². The summed E-state index contributed by atoms with van der Waals surface area (Å²) in [6, 6.07) is 0. The molecule has 0 saturated heterocycles. The van der Waals surface area contributed by atoms with Crippen LogP contribution in [0.15, 0.2) is 4.99 Å². The van der Waals surface area contributed by atoms with Crippen molar-refractivity contribution in [3.05, 3.63) is 0 Å². The smallest absolute Gasteiger partial charge is 0.141 e. The molecule has 1 atom stereocenters. The molecule has 0 N–H and O–H groups in total. The highest BCUT2D eigenvalue weighted by Crippen LogP contribution is 2.12. The number of hydrogen-bond donors (Lipinski definition) is 0. The van der Waals surface area contributed by atoms with Crippen LogP contribution < -0.4 is 0 Å². The van der Waals surface area contributed by atoms with Crippen LogP contribution in [0.25, 0.3) is 0 Å². The van der Waals surface area contributed by atoms with Crippen LogP contribution in [0.3, 0.4) is 0 Å². The van der Waals surface area contributed by atoms with Crippen molar-refractivity contribution >= 4 is 27.2 Å². The largest absolute Gasteiger partial charge is 0.767 e. The minimum atomic E-state index is -2.08. The Hall–Kier alpha value is 0.130. The van der Waals surface area contributed by atoms with Crippen molar-refractivity contribution in [2.45, 2.75) is 0 Å². The van der Waals surface area contributed by atoms with Crippen LogP contribution in [0, 0.1) is 0 Å². The highest BCUT2D eigenvalue weighted by Gasteiger charge is 2.05. The molecule has 0 spiro atoms. The zero-order valence-electron chi connectivity index (χ0n) is 3.99. The summed E-state index contributed by atoms with van der Waals surface area (Å²) in [5.41, 5.74) is 0. The van der Waals surface area contributed by atoms with E-state index in [2.05, 4.69) is 4.99 Å². The minimum Gasteiger partial charge on any atom is -0.767 e. The molecule has 1 heterocycles. The summed E-state index contributed by atoms with van der Waals surface area (Å²) in [5, 5.41) is 0. The van der Waals surface area contributed by atoms with Crippen LogP contribution >= 0.6 is 11.8 Å². The predicted octanol–water partition coefficient (Wildman–Crippen LogP) is -0.0317. The summed E-state index contributed by atoms with van der Waals surface area (Å²) in [6.07, 6.45) is 0. The first-order chi connectivity index (χ1) is 3.80. The van der Waals surface area contributed by atoms with Gasteiger partial charge in [0.05, 0.1) is 6.54 Å². The molecule has 0 radical (unpaired) electrons. The minimum absolute atomic E-state index is 0.255. The van der Waals surface area contributed by atoms with Gasteiger partial charge < -0.3 is 4.55 Å². The average molecular weight is 150 g/mol. The lowest BCUT2D eigenvalue weighted by Gasteiger charge is -1.99. The van der Waals surface area contributed by atoms with Crippen LogP contribution in [-0.4, -0.2) is 25.4 Å².